The van der Waals surface area contributed by atoms with Crippen LogP contribution in [0.5, 0.6) is 0 Å². The molecule has 2 amide bonds. The standard InChI is InChI=1S/C18H20N2O2S/c1-12-9-15(13(2)22-12)10-20-18(21)19-8-7-14-11-23-17-6-4-3-5-16(14)17/h3-6,9,11H,7-8,10H2,1-2H3,(H2,19,20,21). The maximum Gasteiger partial charge on any atom is 0.315 e. The number of aryl methyl sites for hydroxylation is 2. The quantitative estimate of drug-likeness (QED) is 0.739. The monoisotopic (exact) mass is 328 g/mol. The third-order valence-corrected chi connectivity index (χ3v) is 4.84. The summed E-state index contributed by atoms with van der Waals surface area (Å²) < 4.78 is 6.74. The molecule has 0 unspecified atom stereocenters. The maximum absolute atomic E-state index is 11.9. The number of hydrogen-bond donors (Lipinski definition) is 2. The Morgan fingerprint density at radius 3 is 2.78 bits per heavy atom. The first-order chi connectivity index (χ1) is 11.1. The van der Waals surface area contributed by atoms with Crippen LogP contribution in [-0.2, 0) is 13.0 Å². The van der Waals surface area contributed by atoms with Crippen LogP contribution in [0.4, 0.5) is 4.79 Å². The summed E-state index contributed by atoms with van der Waals surface area (Å²) in [6, 6.07) is 10.2. The van der Waals surface area contributed by atoms with Gasteiger partial charge in [-0.1, -0.05) is 18.2 Å². The van der Waals surface area contributed by atoms with Crippen LogP contribution < -0.4 is 10.6 Å². The van der Waals surface area contributed by atoms with E-state index in [1.54, 1.807) is 11.3 Å². The van der Waals surface area contributed by atoms with Gasteiger partial charge >= 0.3 is 6.03 Å². The van der Waals surface area contributed by atoms with Gasteiger partial charge in [-0.3, -0.25) is 0 Å². The molecule has 0 radical (unpaired) electrons. The molecule has 23 heavy (non-hydrogen) atoms. The summed E-state index contributed by atoms with van der Waals surface area (Å²) in [6.45, 7) is 4.91. The van der Waals surface area contributed by atoms with Crippen LogP contribution in [0.25, 0.3) is 10.1 Å². The molecule has 120 valence electrons. The maximum atomic E-state index is 11.9. The number of amides is 2. The molecule has 0 atom stereocenters. The van der Waals surface area contributed by atoms with Gasteiger partial charge in [-0.2, -0.15) is 0 Å². The van der Waals surface area contributed by atoms with Crippen LogP contribution in [0.3, 0.4) is 0 Å². The molecule has 3 aromatic rings. The first-order valence-corrected chi connectivity index (χ1v) is 8.54. The molecule has 0 aliphatic heterocycles. The average molecular weight is 328 g/mol. The highest BCUT2D eigenvalue weighted by Crippen LogP contribution is 2.25. The normalized spacial score (nSPS) is 10.9. The van der Waals surface area contributed by atoms with Crippen molar-refractivity contribution in [3.05, 3.63) is 58.4 Å². The molecule has 3 rings (SSSR count). The number of hydrogen-bond acceptors (Lipinski definition) is 3. The molecule has 4 nitrogen and oxygen atoms in total. The zero-order valence-electron chi connectivity index (χ0n) is 13.3. The fourth-order valence-electron chi connectivity index (χ4n) is 2.63. The summed E-state index contributed by atoms with van der Waals surface area (Å²) in [6.07, 6.45) is 0.835. The summed E-state index contributed by atoms with van der Waals surface area (Å²) >= 11 is 1.75. The van der Waals surface area contributed by atoms with Crippen LogP contribution in [0, 0.1) is 13.8 Å². The van der Waals surface area contributed by atoms with Gasteiger partial charge in [-0.05, 0) is 48.7 Å². The third-order valence-electron chi connectivity index (χ3n) is 3.82. The van der Waals surface area contributed by atoms with Crippen molar-refractivity contribution < 1.29 is 9.21 Å². The number of carbonyl (C=O) groups excluding carboxylic acids is 1. The fraction of sp³-hybridized carbons (Fsp3) is 0.278. The number of furan rings is 1. The average Bonchev–Trinajstić information content (AvgIpc) is 3.08. The second-order valence-electron chi connectivity index (χ2n) is 5.56. The lowest BCUT2D eigenvalue weighted by molar-refractivity contribution is 0.240. The van der Waals surface area contributed by atoms with Gasteiger partial charge < -0.3 is 15.1 Å². The summed E-state index contributed by atoms with van der Waals surface area (Å²) in [4.78, 5) is 11.9. The van der Waals surface area contributed by atoms with Crippen molar-refractivity contribution in [2.24, 2.45) is 0 Å². The Balaban J connectivity index is 1.47. The van der Waals surface area contributed by atoms with E-state index in [-0.39, 0.29) is 6.03 Å². The second-order valence-corrected chi connectivity index (χ2v) is 6.47. The van der Waals surface area contributed by atoms with E-state index < -0.39 is 0 Å². The van der Waals surface area contributed by atoms with E-state index in [9.17, 15) is 4.79 Å². The van der Waals surface area contributed by atoms with Crippen LogP contribution in [0.1, 0.15) is 22.6 Å². The van der Waals surface area contributed by atoms with E-state index in [4.69, 9.17) is 4.42 Å². The predicted molar refractivity (Wildman–Crippen MR) is 93.9 cm³/mol. The summed E-state index contributed by atoms with van der Waals surface area (Å²) in [5.74, 6) is 1.72. The molecule has 0 saturated carbocycles. The molecule has 2 N–H and O–H groups in total. The molecule has 0 fully saturated rings. The molecule has 2 aromatic heterocycles. The predicted octanol–water partition coefficient (Wildman–Crippen LogP) is 4.15. The minimum Gasteiger partial charge on any atom is -0.466 e. The number of rotatable bonds is 5. The van der Waals surface area contributed by atoms with E-state index in [2.05, 4.69) is 28.1 Å². The van der Waals surface area contributed by atoms with Crippen molar-refractivity contribution in [3.8, 4) is 0 Å². The zero-order chi connectivity index (χ0) is 16.2. The summed E-state index contributed by atoms with van der Waals surface area (Å²) in [5.41, 5.74) is 2.30. The summed E-state index contributed by atoms with van der Waals surface area (Å²) in [5, 5.41) is 9.22. The Bertz CT molecular complexity index is 819. The number of nitrogens with one attached hydrogen (secondary N) is 2. The number of fused-ring (bicyclic) bond motifs is 1. The van der Waals surface area contributed by atoms with Crippen LogP contribution >= 0.6 is 11.3 Å². The largest absolute Gasteiger partial charge is 0.466 e. The van der Waals surface area contributed by atoms with Crippen molar-refractivity contribution in [1.29, 1.82) is 0 Å². The lowest BCUT2D eigenvalue weighted by Gasteiger charge is -2.07. The topological polar surface area (TPSA) is 54.3 Å². The highest BCUT2D eigenvalue weighted by Gasteiger charge is 2.07. The lowest BCUT2D eigenvalue weighted by Crippen LogP contribution is -2.36. The molecule has 5 heteroatoms. The first-order valence-electron chi connectivity index (χ1n) is 7.66. The first kappa shape index (κ1) is 15.6. The third kappa shape index (κ3) is 3.74. The smallest absolute Gasteiger partial charge is 0.315 e. The number of benzene rings is 1. The van der Waals surface area contributed by atoms with E-state index >= 15 is 0 Å². The van der Waals surface area contributed by atoms with E-state index in [1.165, 1.54) is 15.6 Å². The number of carbonyl (C=O) groups is 1. The Morgan fingerprint density at radius 1 is 1.17 bits per heavy atom. The fourth-order valence-corrected chi connectivity index (χ4v) is 3.63. The van der Waals surface area contributed by atoms with Gasteiger partial charge in [0, 0.05) is 23.4 Å². The molecule has 0 aliphatic rings. The van der Waals surface area contributed by atoms with Gasteiger partial charge in [0.2, 0.25) is 0 Å². The molecular formula is C18H20N2O2S. The minimum atomic E-state index is -0.150. The van der Waals surface area contributed by atoms with Crippen molar-refractivity contribution in [2.75, 3.05) is 6.54 Å². The second kappa shape index (κ2) is 6.87. The number of thiophene rings is 1. The van der Waals surface area contributed by atoms with Crippen molar-refractivity contribution in [3.63, 3.8) is 0 Å². The van der Waals surface area contributed by atoms with Crippen molar-refractivity contribution in [2.45, 2.75) is 26.8 Å². The minimum absolute atomic E-state index is 0.150. The Morgan fingerprint density at radius 2 is 2.00 bits per heavy atom. The molecule has 0 bridgehead atoms. The zero-order valence-corrected chi connectivity index (χ0v) is 14.1. The molecule has 0 spiro atoms. The van der Waals surface area contributed by atoms with Crippen LogP contribution in [-0.4, -0.2) is 12.6 Å². The van der Waals surface area contributed by atoms with Crippen molar-refractivity contribution >= 4 is 27.5 Å². The highest BCUT2D eigenvalue weighted by atomic mass is 32.1. The van der Waals surface area contributed by atoms with Gasteiger partial charge in [0.05, 0.1) is 0 Å². The van der Waals surface area contributed by atoms with Crippen molar-refractivity contribution in [1.82, 2.24) is 10.6 Å². The Kier molecular flexibility index (Phi) is 4.67. The van der Waals surface area contributed by atoms with Gasteiger partial charge in [0.25, 0.3) is 0 Å². The molecule has 0 saturated heterocycles. The number of urea groups is 1. The van der Waals surface area contributed by atoms with Crippen LogP contribution in [0.2, 0.25) is 0 Å². The van der Waals surface area contributed by atoms with Gasteiger partial charge in [0.15, 0.2) is 0 Å². The van der Waals surface area contributed by atoms with E-state index in [0.29, 0.717) is 13.1 Å². The molecule has 0 aliphatic carbocycles. The van der Waals surface area contributed by atoms with E-state index in [0.717, 1.165) is 23.5 Å². The van der Waals surface area contributed by atoms with E-state index in [1.807, 2.05) is 32.0 Å². The molecule has 1 aromatic carbocycles. The highest BCUT2D eigenvalue weighted by molar-refractivity contribution is 7.17. The van der Waals surface area contributed by atoms with Gasteiger partial charge in [-0.25, -0.2) is 4.79 Å². The van der Waals surface area contributed by atoms with Crippen LogP contribution in [0.15, 0.2) is 40.1 Å². The van der Waals surface area contributed by atoms with Gasteiger partial charge in [-0.15, -0.1) is 11.3 Å². The molecular weight excluding hydrogens is 308 g/mol. The SMILES string of the molecule is Cc1cc(CNC(=O)NCCc2csc3ccccc23)c(C)o1. The Labute approximate surface area is 139 Å². The lowest BCUT2D eigenvalue weighted by atomic mass is 10.1. The van der Waals surface area contributed by atoms with Gasteiger partial charge in [0.1, 0.15) is 11.5 Å². The molecule has 2 heterocycles. The summed E-state index contributed by atoms with van der Waals surface area (Å²) in [7, 11) is 0. The Hall–Kier alpha value is -2.27.